The summed E-state index contributed by atoms with van der Waals surface area (Å²) < 4.78 is 0. The third-order valence-corrected chi connectivity index (χ3v) is 2.74. The lowest BCUT2D eigenvalue weighted by molar-refractivity contribution is -0.118. The molecule has 2 heteroatoms. The quantitative estimate of drug-likeness (QED) is 0.709. The highest BCUT2D eigenvalue weighted by Crippen LogP contribution is 2.29. The summed E-state index contributed by atoms with van der Waals surface area (Å²) in [5.41, 5.74) is 3.65. The lowest BCUT2D eigenvalue weighted by atomic mass is 10.1. The molecule has 2 rings (SSSR count). The highest BCUT2D eigenvalue weighted by molar-refractivity contribution is 5.95. The Hall–Kier alpha value is -1.31. The van der Waals surface area contributed by atoms with E-state index >= 15 is 0 Å². The fourth-order valence-electron chi connectivity index (χ4n) is 1.94. The fourth-order valence-corrected chi connectivity index (χ4v) is 1.94. The van der Waals surface area contributed by atoms with Crippen molar-refractivity contribution >= 4 is 11.6 Å². The van der Waals surface area contributed by atoms with Crippen molar-refractivity contribution in [2.75, 3.05) is 11.4 Å². The molecule has 1 aromatic carbocycles. The van der Waals surface area contributed by atoms with Crippen LogP contribution in [-0.2, 0) is 11.2 Å². The molecular formula is C14H21NO. The number of anilines is 1. The summed E-state index contributed by atoms with van der Waals surface area (Å²) in [5.74, 6) is 0.231. The largest absolute Gasteiger partial charge is 0.312 e. The Kier molecular flexibility index (Phi) is 4.53. The molecule has 1 aromatic rings. The first-order valence-electron chi connectivity index (χ1n) is 6.12. The monoisotopic (exact) mass is 219 g/mol. The van der Waals surface area contributed by atoms with E-state index in [9.17, 15) is 4.79 Å². The van der Waals surface area contributed by atoms with Gasteiger partial charge in [-0.25, -0.2) is 0 Å². The Labute approximate surface area is 98.3 Å². The lowest BCUT2D eigenvalue weighted by Crippen LogP contribution is -2.27. The van der Waals surface area contributed by atoms with Crippen LogP contribution in [0.1, 0.15) is 38.3 Å². The summed E-state index contributed by atoms with van der Waals surface area (Å²) in [6, 6.07) is 6.35. The van der Waals surface area contributed by atoms with E-state index in [0.717, 1.165) is 18.7 Å². The van der Waals surface area contributed by atoms with Gasteiger partial charge >= 0.3 is 0 Å². The van der Waals surface area contributed by atoms with E-state index < -0.39 is 0 Å². The van der Waals surface area contributed by atoms with Crippen molar-refractivity contribution in [3.05, 3.63) is 29.3 Å². The molecule has 0 aliphatic carbocycles. The van der Waals surface area contributed by atoms with Gasteiger partial charge in [0.15, 0.2) is 0 Å². The molecule has 0 saturated carbocycles. The van der Waals surface area contributed by atoms with E-state index in [1.54, 1.807) is 0 Å². The first-order valence-corrected chi connectivity index (χ1v) is 6.12. The Bertz CT molecular complexity index is 371. The zero-order valence-corrected chi connectivity index (χ0v) is 10.7. The average Bonchev–Trinajstić information content (AvgIpc) is 2.73. The Morgan fingerprint density at radius 2 is 2.06 bits per heavy atom. The van der Waals surface area contributed by atoms with Gasteiger partial charge in [0, 0.05) is 18.7 Å². The number of aryl methyl sites for hydroxylation is 1. The molecule has 0 bridgehead atoms. The minimum atomic E-state index is 0.231. The smallest absolute Gasteiger partial charge is 0.226 e. The Balaban J connectivity index is 0.000000606. The third-order valence-electron chi connectivity index (χ3n) is 2.74. The van der Waals surface area contributed by atoms with Crippen LogP contribution in [0.25, 0.3) is 0 Å². The maximum atomic E-state index is 11.6. The molecule has 0 saturated heterocycles. The molecule has 0 atom stereocenters. The third kappa shape index (κ3) is 2.43. The molecule has 1 heterocycles. The van der Waals surface area contributed by atoms with Gasteiger partial charge in [-0.3, -0.25) is 4.79 Å². The maximum absolute atomic E-state index is 11.6. The van der Waals surface area contributed by atoms with Crippen molar-refractivity contribution in [2.45, 2.75) is 40.5 Å². The molecule has 0 fully saturated rings. The second kappa shape index (κ2) is 5.69. The number of fused-ring (bicyclic) bond motifs is 1. The van der Waals surface area contributed by atoms with Gasteiger partial charge in [-0.15, -0.1) is 0 Å². The van der Waals surface area contributed by atoms with Crippen LogP contribution in [0, 0.1) is 6.92 Å². The van der Waals surface area contributed by atoms with Gasteiger partial charge < -0.3 is 4.90 Å². The SMILES string of the molecule is CC.CCC(=O)N1CCc2ccc(C)cc21. The standard InChI is InChI=1S/C12H15NO.C2H6/c1-3-12(14)13-7-6-10-5-4-9(2)8-11(10)13;1-2/h4-5,8H,3,6-7H2,1-2H3;1-2H3. The number of carbonyl (C=O) groups excluding carboxylic acids is 1. The molecule has 0 aromatic heterocycles. The molecule has 0 radical (unpaired) electrons. The molecule has 16 heavy (non-hydrogen) atoms. The van der Waals surface area contributed by atoms with E-state index in [0.29, 0.717) is 6.42 Å². The van der Waals surface area contributed by atoms with Crippen LogP contribution in [0.15, 0.2) is 18.2 Å². The van der Waals surface area contributed by atoms with E-state index in [1.165, 1.54) is 11.1 Å². The zero-order chi connectivity index (χ0) is 12.1. The summed E-state index contributed by atoms with van der Waals surface area (Å²) in [7, 11) is 0. The number of hydrogen-bond donors (Lipinski definition) is 0. The highest BCUT2D eigenvalue weighted by Gasteiger charge is 2.22. The van der Waals surface area contributed by atoms with Crippen molar-refractivity contribution in [1.82, 2.24) is 0 Å². The predicted octanol–water partition coefficient (Wildman–Crippen LogP) is 3.32. The molecular weight excluding hydrogens is 198 g/mol. The van der Waals surface area contributed by atoms with Gasteiger partial charge in [0.05, 0.1) is 0 Å². The number of hydrogen-bond acceptors (Lipinski definition) is 1. The van der Waals surface area contributed by atoms with Crippen LogP contribution in [0.4, 0.5) is 5.69 Å². The summed E-state index contributed by atoms with van der Waals surface area (Å²) >= 11 is 0. The van der Waals surface area contributed by atoms with E-state index in [1.807, 2.05) is 25.7 Å². The van der Waals surface area contributed by atoms with Crippen LogP contribution < -0.4 is 4.90 Å². The second-order valence-corrected chi connectivity index (χ2v) is 3.78. The van der Waals surface area contributed by atoms with Gasteiger partial charge in [0.2, 0.25) is 5.91 Å². The first kappa shape index (κ1) is 12.8. The maximum Gasteiger partial charge on any atom is 0.226 e. The Morgan fingerprint density at radius 3 is 2.69 bits per heavy atom. The van der Waals surface area contributed by atoms with Crippen LogP contribution in [0.5, 0.6) is 0 Å². The fraction of sp³-hybridized carbons (Fsp3) is 0.500. The van der Waals surface area contributed by atoms with Crippen LogP contribution in [0.3, 0.4) is 0 Å². The van der Waals surface area contributed by atoms with Crippen molar-refractivity contribution in [3.63, 3.8) is 0 Å². The summed E-state index contributed by atoms with van der Waals surface area (Å²) in [5, 5.41) is 0. The summed E-state index contributed by atoms with van der Waals surface area (Å²) in [6.45, 7) is 8.83. The summed E-state index contributed by atoms with van der Waals surface area (Å²) in [4.78, 5) is 13.5. The van der Waals surface area contributed by atoms with Gasteiger partial charge in [0.25, 0.3) is 0 Å². The van der Waals surface area contributed by atoms with Gasteiger partial charge in [-0.1, -0.05) is 32.9 Å². The lowest BCUT2D eigenvalue weighted by Gasteiger charge is -2.16. The normalized spacial score (nSPS) is 12.9. The van der Waals surface area contributed by atoms with Gasteiger partial charge in [-0.2, -0.15) is 0 Å². The molecule has 1 amide bonds. The van der Waals surface area contributed by atoms with E-state index in [4.69, 9.17) is 0 Å². The summed E-state index contributed by atoms with van der Waals surface area (Å²) in [6.07, 6.45) is 1.59. The van der Waals surface area contributed by atoms with Crippen molar-refractivity contribution in [3.8, 4) is 0 Å². The van der Waals surface area contributed by atoms with Crippen molar-refractivity contribution in [2.24, 2.45) is 0 Å². The number of amides is 1. The van der Waals surface area contributed by atoms with Crippen LogP contribution in [-0.4, -0.2) is 12.5 Å². The van der Waals surface area contributed by atoms with E-state index in [-0.39, 0.29) is 5.91 Å². The van der Waals surface area contributed by atoms with Crippen LogP contribution >= 0.6 is 0 Å². The number of carbonyl (C=O) groups is 1. The number of rotatable bonds is 1. The van der Waals surface area contributed by atoms with Crippen molar-refractivity contribution in [1.29, 1.82) is 0 Å². The Morgan fingerprint density at radius 1 is 1.38 bits per heavy atom. The minimum Gasteiger partial charge on any atom is -0.312 e. The first-order chi connectivity index (χ1) is 7.72. The molecule has 2 nitrogen and oxygen atoms in total. The number of benzene rings is 1. The molecule has 1 aliphatic heterocycles. The zero-order valence-electron chi connectivity index (χ0n) is 10.7. The topological polar surface area (TPSA) is 20.3 Å². The highest BCUT2D eigenvalue weighted by atomic mass is 16.2. The molecule has 0 unspecified atom stereocenters. The predicted molar refractivity (Wildman–Crippen MR) is 68.9 cm³/mol. The number of nitrogens with zero attached hydrogens (tertiary/aromatic N) is 1. The average molecular weight is 219 g/mol. The molecule has 88 valence electrons. The molecule has 1 aliphatic rings. The van der Waals surface area contributed by atoms with E-state index in [2.05, 4.69) is 25.1 Å². The van der Waals surface area contributed by atoms with Gasteiger partial charge in [0.1, 0.15) is 0 Å². The van der Waals surface area contributed by atoms with Gasteiger partial charge in [-0.05, 0) is 30.5 Å². The van der Waals surface area contributed by atoms with Crippen LogP contribution in [0.2, 0.25) is 0 Å². The molecule has 0 spiro atoms. The minimum absolute atomic E-state index is 0.231. The second-order valence-electron chi connectivity index (χ2n) is 3.78. The molecule has 0 N–H and O–H groups in total. The van der Waals surface area contributed by atoms with Crippen molar-refractivity contribution < 1.29 is 4.79 Å².